The van der Waals surface area contributed by atoms with Gasteiger partial charge >= 0.3 is 0 Å². The molecule has 0 radical (unpaired) electrons. The number of carbonyl (C=O) groups is 4. The quantitative estimate of drug-likeness (QED) is 0.652. The summed E-state index contributed by atoms with van der Waals surface area (Å²) < 4.78 is 0. The van der Waals surface area contributed by atoms with Gasteiger partial charge in [0.05, 0.1) is 6.54 Å². The van der Waals surface area contributed by atoms with Crippen LogP contribution >= 0.6 is 0 Å². The zero-order chi connectivity index (χ0) is 23.7. The van der Waals surface area contributed by atoms with Gasteiger partial charge in [-0.15, -0.1) is 0 Å². The molecule has 8 nitrogen and oxygen atoms in total. The fourth-order valence-corrected chi connectivity index (χ4v) is 5.38. The van der Waals surface area contributed by atoms with Gasteiger partial charge in [-0.1, -0.05) is 24.3 Å². The maximum absolute atomic E-state index is 12.9. The predicted molar refractivity (Wildman–Crippen MR) is 126 cm³/mol. The molecule has 3 heterocycles. The van der Waals surface area contributed by atoms with Crippen LogP contribution in [0.2, 0.25) is 0 Å². The van der Waals surface area contributed by atoms with E-state index in [2.05, 4.69) is 33.8 Å². The van der Waals surface area contributed by atoms with Crippen LogP contribution in [0.15, 0.2) is 42.1 Å². The number of hydrogen-bond donors (Lipinski definition) is 2. The van der Waals surface area contributed by atoms with Crippen molar-refractivity contribution < 1.29 is 19.2 Å². The van der Waals surface area contributed by atoms with Crippen LogP contribution in [0.25, 0.3) is 0 Å². The second-order valence-corrected chi connectivity index (χ2v) is 9.55. The Balaban J connectivity index is 1.16. The number of rotatable bonds is 5. The Morgan fingerprint density at radius 1 is 1.09 bits per heavy atom. The first-order valence-electron chi connectivity index (χ1n) is 12.1. The van der Waals surface area contributed by atoms with Crippen molar-refractivity contribution in [2.24, 2.45) is 0 Å². The standard InChI is InChI=1S/C26H30N4O4/c31-23-9-8-22(25(33)28-23)30-15-19-14-18(6-7-21(19)26(30)34)17-10-12-29(13-11-17)16-24(32)27-20-4-2-1-3-5-20/h2,4-7,14,17,22H,1,3,8-13,15-16H2,(H,27,32)(H,28,31,33). The first-order chi connectivity index (χ1) is 16.5. The van der Waals surface area contributed by atoms with Gasteiger partial charge in [0, 0.05) is 24.2 Å². The summed E-state index contributed by atoms with van der Waals surface area (Å²) in [6, 6.07) is 5.42. The summed E-state index contributed by atoms with van der Waals surface area (Å²) in [6.45, 7) is 2.51. The Labute approximate surface area is 199 Å². The third kappa shape index (κ3) is 4.68. The Bertz CT molecular complexity index is 1080. The van der Waals surface area contributed by atoms with E-state index in [0.29, 0.717) is 31.0 Å². The van der Waals surface area contributed by atoms with E-state index in [0.717, 1.165) is 50.0 Å². The van der Waals surface area contributed by atoms with Crippen LogP contribution in [0, 0.1) is 0 Å². The van der Waals surface area contributed by atoms with Crippen molar-refractivity contribution in [1.29, 1.82) is 0 Å². The average Bonchev–Trinajstić information content (AvgIpc) is 3.15. The van der Waals surface area contributed by atoms with Crippen molar-refractivity contribution >= 4 is 23.6 Å². The molecular weight excluding hydrogens is 432 g/mol. The van der Waals surface area contributed by atoms with Gasteiger partial charge in [0.25, 0.3) is 5.91 Å². The Morgan fingerprint density at radius 3 is 2.65 bits per heavy atom. The molecule has 0 bridgehead atoms. The van der Waals surface area contributed by atoms with Crippen molar-refractivity contribution in [3.05, 3.63) is 58.8 Å². The highest BCUT2D eigenvalue weighted by molar-refractivity contribution is 6.05. The zero-order valence-electron chi connectivity index (χ0n) is 19.2. The molecule has 4 amide bonds. The molecule has 0 saturated carbocycles. The smallest absolute Gasteiger partial charge is 0.255 e. The number of carbonyl (C=O) groups excluding carboxylic acids is 4. The summed E-state index contributed by atoms with van der Waals surface area (Å²) in [5, 5.41) is 5.33. The van der Waals surface area contributed by atoms with E-state index in [4.69, 9.17) is 0 Å². The highest BCUT2D eigenvalue weighted by Gasteiger charge is 2.39. The molecule has 4 aliphatic rings. The molecule has 8 heteroatoms. The third-order valence-corrected chi connectivity index (χ3v) is 7.25. The normalized spacial score (nSPS) is 23.5. The Hall–Kier alpha value is -3.26. The van der Waals surface area contributed by atoms with Crippen LogP contribution in [-0.4, -0.2) is 59.1 Å². The minimum absolute atomic E-state index is 0.0286. The molecule has 1 aromatic carbocycles. The number of fused-ring (bicyclic) bond motifs is 1. The van der Waals surface area contributed by atoms with Gasteiger partial charge < -0.3 is 10.2 Å². The Morgan fingerprint density at radius 2 is 1.91 bits per heavy atom. The van der Waals surface area contributed by atoms with Gasteiger partial charge in [-0.2, -0.15) is 0 Å². The molecule has 2 saturated heterocycles. The first-order valence-corrected chi connectivity index (χ1v) is 12.1. The molecule has 1 aromatic rings. The van der Waals surface area contributed by atoms with Crippen molar-refractivity contribution in [1.82, 2.24) is 20.4 Å². The molecule has 1 aliphatic carbocycles. The predicted octanol–water partition coefficient (Wildman–Crippen LogP) is 1.98. The molecule has 178 valence electrons. The number of nitrogens with zero attached hydrogens (tertiary/aromatic N) is 2. The van der Waals surface area contributed by atoms with Gasteiger partial charge in [-0.05, 0) is 74.4 Å². The summed E-state index contributed by atoms with van der Waals surface area (Å²) in [5.74, 6) is -0.391. The lowest BCUT2D eigenvalue weighted by Gasteiger charge is -2.32. The largest absolute Gasteiger partial charge is 0.325 e. The molecule has 0 aromatic heterocycles. The molecule has 34 heavy (non-hydrogen) atoms. The molecular formula is C26H30N4O4. The van der Waals surface area contributed by atoms with E-state index < -0.39 is 6.04 Å². The lowest BCUT2D eigenvalue weighted by Crippen LogP contribution is -2.52. The second kappa shape index (κ2) is 9.54. The number of amides is 4. The highest BCUT2D eigenvalue weighted by Crippen LogP contribution is 2.33. The number of likely N-dealkylation sites (tertiary alicyclic amines) is 1. The van der Waals surface area contributed by atoms with Crippen molar-refractivity contribution in [2.45, 2.75) is 57.0 Å². The van der Waals surface area contributed by atoms with E-state index in [1.54, 1.807) is 4.90 Å². The SMILES string of the molecule is O=C1CCC(N2Cc3cc(C4CCN(CC(=O)NC5=CCCC=C5)CC4)ccc3C2=O)C(=O)N1. The first kappa shape index (κ1) is 22.5. The highest BCUT2D eigenvalue weighted by atomic mass is 16.2. The minimum Gasteiger partial charge on any atom is -0.325 e. The van der Waals surface area contributed by atoms with E-state index >= 15 is 0 Å². The number of benzene rings is 1. The van der Waals surface area contributed by atoms with Gasteiger partial charge in [-0.3, -0.25) is 29.4 Å². The van der Waals surface area contributed by atoms with Crippen LogP contribution in [0.1, 0.15) is 65.9 Å². The van der Waals surface area contributed by atoms with E-state index in [1.165, 1.54) is 5.56 Å². The van der Waals surface area contributed by atoms with Gasteiger partial charge in [0.15, 0.2) is 0 Å². The molecule has 1 unspecified atom stereocenters. The maximum atomic E-state index is 12.9. The van der Waals surface area contributed by atoms with E-state index in [-0.39, 0.29) is 30.0 Å². The van der Waals surface area contributed by atoms with Gasteiger partial charge in [0.1, 0.15) is 6.04 Å². The number of hydrogen-bond acceptors (Lipinski definition) is 5. The van der Waals surface area contributed by atoms with Crippen LogP contribution in [-0.2, 0) is 20.9 Å². The zero-order valence-corrected chi connectivity index (χ0v) is 19.2. The number of nitrogens with one attached hydrogen (secondary N) is 2. The Kier molecular flexibility index (Phi) is 6.32. The second-order valence-electron chi connectivity index (χ2n) is 9.55. The van der Waals surface area contributed by atoms with Crippen LogP contribution in [0.3, 0.4) is 0 Å². The summed E-state index contributed by atoms with van der Waals surface area (Å²) >= 11 is 0. The summed E-state index contributed by atoms with van der Waals surface area (Å²) in [6.07, 6.45) is 10.6. The molecule has 2 fully saturated rings. The molecule has 3 aliphatic heterocycles. The third-order valence-electron chi connectivity index (χ3n) is 7.25. The minimum atomic E-state index is -0.588. The van der Waals surface area contributed by atoms with E-state index in [9.17, 15) is 19.2 Å². The fraction of sp³-hybridized carbons (Fsp3) is 0.462. The van der Waals surface area contributed by atoms with Gasteiger partial charge in [0.2, 0.25) is 17.7 Å². The molecule has 0 spiro atoms. The van der Waals surface area contributed by atoms with E-state index in [1.807, 2.05) is 18.2 Å². The van der Waals surface area contributed by atoms with Crippen LogP contribution < -0.4 is 10.6 Å². The van der Waals surface area contributed by atoms with Crippen LogP contribution in [0.5, 0.6) is 0 Å². The summed E-state index contributed by atoms with van der Waals surface area (Å²) in [7, 11) is 0. The van der Waals surface area contributed by atoms with Crippen molar-refractivity contribution in [3.8, 4) is 0 Å². The number of piperidine rings is 2. The van der Waals surface area contributed by atoms with Crippen molar-refractivity contribution in [3.63, 3.8) is 0 Å². The number of imide groups is 1. The molecule has 2 N–H and O–H groups in total. The number of allylic oxidation sites excluding steroid dienone is 3. The topological polar surface area (TPSA) is 98.8 Å². The molecule has 5 rings (SSSR count). The summed E-state index contributed by atoms with van der Waals surface area (Å²) in [5.41, 5.74) is 3.69. The molecule has 1 atom stereocenters. The lowest BCUT2D eigenvalue weighted by molar-refractivity contribution is -0.137. The fourth-order valence-electron chi connectivity index (χ4n) is 5.38. The monoisotopic (exact) mass is 462 g/mol. The lowest BCUT2D eigenvalue weighted by atomic mass is 9.88. The maximum Gasteiger partial charge on any atom is 0.255 e. The summed E-state index contributed by atoms with van der Waals surface area (Å²) in [4.78, 5) is 52.8. The van der Waals surface area contributed by atoms with Crippen molar-refractivity contribution in [2.75, 3.05) is 19.6 Å². The van der Waals surface area contributed by atoms with Crippen LogP contribution in [0.4, 0.5) is 0 Å². The van der Waals surface area contributed by atoms with Gasteiger partial charge in [-0.25, -0.2) is 0 Å². The average molecular weight is 463 g/mol.